The van der Waals surface area contributed by atoms with E-state index in [1.54, 1.807) is 4.90 Å². The maximum Gasteiger partial charge on any atom is 0.243 e. The van der Waals surface area contributed by atoms with Gasteiger partial charge in [0.05, 0.1) is 16.3 Å². The van der Waals surface area contributed by atoms with Gasteiger partial charge < -0.3 is 4.90 Å². The van der Waals surface area contributed by atoms with Gasteiger partial charge in [0.2, 0.25) is 26.0 Å². The Morgan fingerprint density at radius 2 is 1.43 bits per heavy atom. The Morgan fingerprint density at radius 1 is 0.929 bits per heavy atom. The molecule has 1 aromatic carbocycles. The number of carbonyl (C=O) groups is 1. The molecule has 0 atom stereocenters. The summed E-state index contributed by atoms with van der Waals surface area (Å²) in [6.45, 7) is 5.38. The quantitative estimate of drug-likeness (QED) is 0.619. The number of hydrogen-bond donors (Lipinski definition) is 0. The third-order valence-electron chi connectivity index (χ3n) is 4.96. The first-order valence-electron chi connectivity index (χ1n) is 9.49. The van der Waals surface area contributed by atoms with Crippen LogP contribution in [0.3, 0.4) is 0 Å². The summed E-state index contributed by atoms with van der Waals surface area (Å²) in [6.07, 6.45) is 2.68. The fourth-order valence-electron chi connectivity index (χ4n) is 3.17. The first-order valence-corrected chi connectivity index (χ1v) is 12.4. The third kappa shape index (κ3) is 4.91. The van der Waals surface area contributed by atoms with Crippen molar-refractivity contribution in [1.29, 1.82) is 0 Å². The molecular weight excluding hydrogens is 402 g/mol. The van der Waals surface area contributed by atoms with Crippen molar-refractivity contribution < 1.29 is 21.6 Å². The summed E-state index contributed by atoms with van der Waals surface area (Å²) in [5.74, 6) is -0.277. The van der Waals surface area contributed by atoms with E-state index in [1.165, 1.54) is 35.6 Å². The third-order valence-corrected chi connectivity index (χ3v) is 8.69. The van der Waals surface area contributed by atoms with E-state index in [4.69, 9.17) is 0 Å². The molecule has 0 saturated carbocycles. The molecule has 8 nitrogen and oxygen atoms in total. The first kappa shape index (κ1) is 22.8. The van der Waals surface area contributed by atoms with Gasteiger partial charge in [-0.15, -0.1) is 0 Å². The Hall–Kier alpha value is -1.49. The molecule has 1 amide bonds. The summed E-state index contributed by atoms with van der Waals surface area (Å²) in [4.78, 5) is 13.8. The standard InChI is InChI=1S/C18H29N3O5S2/c1-4-20(5-2)18(22)15-19(3)27(23,24)16-9-11-17(12-10-16)28(25,26)21-13-7-6-8-14-21/h9-12H,4-8,13-15H2,1-3H3. The molecule has 1 aromatic rings. The van der Waals surface area contributed by atoms with Gasteiger partial charge in [0.25, 0.3) is 0 Å². The molecule has 0 spiro atoms. The van der Waals surface area contributed by atoms with E-state index in [1.807, 2.05) is 13.8 Å². The average Bonchev–Trinajstić information content (AvgIpc) is 2.69. The van der Waals surface area contributed by atoms with E-state index in [0.29, 0.717) is 26.2 Å². The molecule has 1 aliphatic heterocycles. The maximum atomic E-state index is 12.7. The second-order valence-electron chi connectivity index (χ2n) is 6.76. The van der Waals surface area contributed by atoms with Crippen molar-refractivity contribution in [1.82, 2.24) is 13.5 Å². The summed E-state index contributed by atoms with van der Waals surface area (Å²) in [5.41, 5.74) is 0. The fraction of sp³-hybridized carbons (Fsp3) is 0.611. The minimum Gasteiger partial charge on any atom is -0.342 e. The van der Waals surface area contributed by atoms with Crippen LogP contribution < -0.4 is 0 Å². The second kappa shape index (κ2) is 9.34. The van der Waals surface area contributed by atoms with Crippen LogP contribution in [0.1, 0.15) is 33.1 Å². The van der Waals surface area contributed by atoms with Gasteiger partial charge in [-0.3, -0.25) is 4.79 Å². The Balaban J connectivity index is 2.18. The van der Waals surface area contributed by atoms with Crippen molar-refractivity contribution in [3.8, 4) is 0 Å². The van der Waals surface area contributed by atoms with Crippen molar-refractivity contribution in [2.75, 3.05) is 39.8 Å². The van der Waals surface area contributed by atoms with E-state index in [2.05, 4.69) is 0 Å². The predicted octanol–water partition coefficient (Wildman–Crippen LogP) is 1.35. The lowest BCUT2D eigenvalue weighted by atomic mass is 10.2. The van der Waals surface area contributed by atoms with Crippen LogP contribution in [0, 0.1) is 0 Å². The van der Waals surface area contributed by atoms with Crippen LogP contribution in [0.25, 0.3) is 0 Å². The zero-order valence-corrected chi connectivity index (χ0v) is 18.3. The maximum absolute atomic E-state index is 12.7. The molecule has 2 rings (SSSR count). The van der Waals surface area contributed by atoms with Crippen LogP contribution in [-0.2, 0) is 24.8 Å². The van der Waals surface area contributed by atoms with Crippen LogP contribution in [0.15, 0.2) is 34.1 Å². The molecule has 158 valence electrons. The predicted molar refractivity (Wildman–Crippen MR) is 107 cm³/mol. The fourth-order valence-corrected chi connectivity index (χ4v) is 5.81. The Bertz CT molecular complexity index is 872. The summed E-state index contributed by atoms with van der Waals surface area (Å²) in [7, 11) is -6.17. The lowest BCUT2D eigenvalue weighted by Gasteiger charge is -2.26. The highest BCUT2D eigenvalue weighted by molar-refractivity contribution is 7.89. The normalized spacial score (nSPS) is 16.3. The minimum absolute atomic E-state index is 0.0417. The molecule has 28 heavy (non-hydrogen) atoms. The molecule has 1 heterocycles. The van der Waals surface area contributed by atoms with Gasteiger partial charge in [-0.1, -0.05) is 6.42 Å². The van der Waals surface area contributed by atoms with Crippen molar-refractivity contribution in [2.24, 2.45) is 0 Å². The summed E-state index contributed by atoms with van der Waals surface area (Å²) < 4.78 is 53.2. The zero-order valence-electron chi connectivity index (χ0n) is 16.7. The lowest BCUT2D eigenvalue weighted by Crippen LogP contribution is -2.41. The number of hydrogen-bond acceptors (Lipinski definition) is 5. The number of piperidine rings is 1. The van der Waals surface area contributed by atoms with Crippen LogP contribution in [-0.4, -0.2) is 76.0 Å². The lowest BCUT2D eigenvalue weighted by molar-refractivity contribution is -0.130. The van der Waals surface area contributed by atoms with Gasteiger partial charge in [-0.05, 0) is 51.0 Å². The SMILES string of the molecule is CCN(CC)C(=O)CN(C)S(=O)(=O)c1ccc(S(=O)(=O)N2CCCCC2)cc1. The summed E-state index contributed by atoms with van der Waals surface area (Å²) >= 11 is 0. The second-order valence-corrected chi connectivity index (χ2v) is 10.7. The number of likely N-dealkylation sites (N-methyl/N-ethyl adjacent to an activating group) is 2. The molecule has 0 unspecified atom stereocenters. The molecule has 1 saturated heterocycles. The van der Waals surface area contributed by atoms with Crippen LogP contribution in [0.4, 0.5) is 0 Å². The van der Waals surface area contributed by atoms with Crippen LogP contribution in [0.2, 0.25) is 0 Å². The van der Waals surface area contributed by atoms with Gasteiger partial charge in [0, 0.05) is 33.2 Å². The molecule has 1 aliphatic rings. The van der Waals surface area contributed by atoms with Crippen molar-refractivity contribution >= 4 is 26.0 Å². The average molecular weight is 432 g/mol. The number of amides is 1. The molecule has 0 aliphatic carbocycles. The smallest absolute Gasteiger partial charge is 0.243 e. The van der Waals surface area contributed by atoms with Gasteiger partial charge in [0.15, 0.2) is 0 Å². The molecule has 0 aromatic heterocycles. The van der Waals surface area contributed by atoms with Gasteiger partial charge >= 0.3 is 0 Å². The Kier molecular flexibility index (Phi) is 7.60. The Morgan fingerprint density at radius 3 is 1.93 bits per heavy atom. The van der Waals surface area contributed by atoms with E-state index in [0.717, 1.165) is 23.6 Å². The monoisotopic (exact) mass is 431 g/mol. The van der Waals surface area contributed by atoms with Crippen molar-refractivity contribution in [2.45, 2.75) is 42.9 Å². The van der Waals surface area contributed by atoms with Crippen molar-refractivity contribution in [3.63, 3.8) is 0 Å². The highest BCUT2D eigenvalue weighted by atomic mass is 32.2. The van der Waals surface area contributed by atoms with E-state index in [-0.39, 0.29) is 22.2 Å². The zero-order chi connectivity index (χ0) is 20.9. The Labute approximate surface area is 168 Å². The largest absolute Gasteiger partial charge is 0.342 e. The molecule has 0 radical (unpaired) electrons. The number of nitrogens with zero attached hydrogens (tertiary/aromatic N) is 3. The topological polar surface area (TPSA) is 95.1 Å². The number of carbonyl (C=O) groups excluding carboxylic acids is 1. The van der Waals surface area contributed by atoms with Gasteiger partial charge in [0.1, 0.15) is 0 Å². The van der Waals surface area contributed by atoms with Crippen LogP contribution in [0.5, 0.6) is 0 Å². The number of sulfonamides is 2. The first-order chi connectivity index (χ1) is 13.1. The molecule has 1 fully saturated rings. The molecule has 0 bridgehead atoms. The summed E-state index contributed by atoms with van der Waals surface area (Å²) in [5, 5.41) is 0. The van der Waals surface area contributed by atoms with Gasteiger partial charge in [-0.2, -0.15) is 8.61 Å². The number of benzene rings is 1. The molecular formula is C18H29N3O5S2. The van der Waals surface area contributed by atoms with Gasteiger partial charge in [-0.25, -0.2) is 16.8 Å². The number of rotatable bonds is 8. The summed E-state index contributed by atoms with van der Waals surface area (Å²) in [6, 6.07) is 5.20. The molecule has 10 heteroatoms. The van der Waals surface area contributed by atoms with E-state index >= 15 is 0 Å². The van der Waals surface area contributed by atoms with Crippen LogP contribution >= 0.6 is 0 Å². The highest BCUT2D eigenvalue weighted by Gasteiger charge is 2.28. The van der Waals surface area contributed by atoms with Crippen molar-refractivity contribution in [3.05, 3.63) is 24.3 Å². The highest BCUT2D eigenvalue weighted by Crippen LogP contribution is 2.23. The van der Waals surface area contributed by atoms with E-state index < -0.39 is 20.0 Å². The minimum atomic E-state index is -3.89. The molecule has 0 N–H and O–H groups in total. The van der Waals surface area contributed by atoms with E-state index in [9.17, 15) is 21.6 Å².